The molecule has 2 aromatic carbocycles. The summed E-state index contributed by atoms with van der Waals surface area (Å²) in [7, 11) is -0.877. The van der Waals surface area contributed by atoms with Gasteiger partial charge in [-0.3, -0.25) is 19.2 Å². The number of hydrogen-bond donors (Lipinski definition) is 0. The monoisotopic (exact) mass is 794 g/mol. The van der Waals surface area contributed by atoms with Crippen LogP contribution in [0, 0.1) is 21.7 Å². The molecule has 55 heavy (non-hydrogen) atoms. The van der Waals surface area contributed by atoms with E-state index in [1.54, 1.807) is 69.6 Å². The molecular weight excluding hydrogens is 736 g/mol. The molecule has 2 aromatic rings. The van der Waals surface area contributed by atoms with Crippen LogP contribution in [0.15, 0.2) is 58.3 Å². The van der Waals surface area contributed by atoms with Crippen LogP contribution in [-0.4, -0.2) is 99.4 Å². The molecule has 0 saturated carbocycles. The van der Waals surface area contributed by atoms with Crippen LogP contribution in [0.3, 0.4) is 0 Å². The molecule has 0 heterocycles. The summed E-state index contributed by atoms with van der Waals surface area (Å²) in [5.41, 5.74) is -4.20. The third kappa shape index (κ3) is 14.9. The van der Waals surface area contributed by atoms with Gasteiger partial charge in [0.2, 0.25) is 9.84 Å². The van der Waals surface area contributed by atoms with Gasteiger partial charge in [-0.2, -0.15) is 0 Å². The van der Waals surface area contributed by atoms with Crippen LogP contribution >= 0.6 is 0 Å². The Labute approximate surface area is 325 Å². The number of carbonyl (C=O) groups is 4. The predicted octanol–water partition coefficient (Wildman–Crippen LogP) is 5.63. The maximum absolute atomic E-state index is 13.4. The van der Waals surface area contributed by atoms with E-state index < -0.39 is 55.4 Å². The highest BCUT2D eigenvalue weighted by molar-refractivity contribution is 7.91. The minimum Gasteiger partial charge on any atom is -0.463 e. The van der Waals surface area contributed by atoms with Crippen molar-refractivity contribution in [1.29, 1.82) is 0 Å². The van der Waals surface area contributed by atoms with Gasteiger partial charge in [-0.25, -0.2) is 8.42 Å². The molecule has 0 aliphatic carbocycles. The van der Waals surface area contributed by atoms with Crippen molar-refractivity contribution in [1.82, 2.24) is 0 Å². The second-order valence-electron chi connectivity index (χ2n) is 15.6. The van der Waals surface area contributed by atoms with Crippen molar-refractivity contribution in [2.24, 2.45) is 21.7 Å². The van der Waals surface area contributed by atoms with E-state index in [9.17, 15) is 27.6 Å². The summed E-state index contributed by atoms with van der Waals surface area (Å²) >= 11 is 0. The van der Waals surface area contributed by atoms with Crippen LogP contribution < -0.4 is 9.47 Å². The van der Waals surface area contributed by atoms with Crippen LogP contribution in [-0.2, 0) is 57.4 Å². The van der Waals surface area contributed by atoms with E-state index in [4.69, 9.17) is 37.9 Å². The maximum Gasteiger partial charge on any atom is 0.316 e. The zero-order valence-corrected chi connectivity index (χ0v) is 34.6. The number of ether oxygens (including phenoxy) is 8. The number of sulfone groups is 1. The molecule has 14 nitrogen and oxygen atoms in total. The molecule has 2 rings (SSSR count). The summed E-state index contributed by atoms with van der Waals surface area (Å²) in [5.74, 6) is -1.93. The lowest BCUT2D eigenvalue weighted by Gasteiger charge is -2.31. The minimum atomic E-state index is -4.00. The van der Waals surface area contributed by atoms with Crippen molar-refractivity contribution in [3.8, 4) is 11.5 Å². The molecule has 0 N–H and O–H groups in total. The topological polar surface area (TPSA) is 176 Å². The highest BCUT2D eigenvalue weighted by Crippen LogP contribution is 2.38. The molecule has 15 heteroatoms. The normalized spacial score (nSPS) is 12.5. The number of hydrogen-bond acceptors (Lipinski definition) is 14. The summed E-state index contributed by atoms with van der Waals surface area (Å²) in [6.07, 6.45) is 0.243. The van der Waals surface area contributed by atoms with Gasteiger partial charge >= 0.3 is 23.9 Å². The Morgan fingerprint density at radius 1 is 0.455 bits per heavy atom. The first-order chi connectivity index (χ1) is 25.6. The molecular formula is C40H58O14S. The second kappa shape index (κ2) is 20.9. The van der Waals surface area contributed by atoms with Gasteiger partial charge in [0.1, 0.15) is 24.7 Å². The first kappa shape index (κ1) is 47.3. The number of esters is 4. The number of rotatable bonds is 24. The smallest absolute Gasteiger partial charge is 0.316 e. The first-order valence-corrected chi connectivity index (χ1v) is 19.4. The second-order valence-corrected chi connectivity index (χ2v) is 17.5. The van der Waals surface area contributed by atoms with Crippen LogP contribution in [0.2, 0.25) is 0 Å². The molecule has 0 amide bonds. The van der Waals surface area contributed by atoms with E-state index in [2.05, 4.69) is 0 Å². The van der Waals surface area contributed by atoms with E-state index in [0.717, 1.165) is 0 Å². The van der Waals surface area contributed by atoms with E-state index in [-0.39, 0.29) is 60.6 Å². The third-order valence-electron chi connectivity index (χ3n) is 8.45. The fourth-order valence-corrected chi connectivity index (χ4v) is 7.03. The van der Waals surface area contributed by atoms with Crippen LogP contribution in [0.25, 0.3) is 0 Å². The first-order valence-electron chi connectivity index (χ1n) is 18.0. The van der Waals surface area contributed by atoms with Crippen molar-refractivity contribution in [3.63, 3.8) is 0 Å². The summed E-state index contributed by atoms with van der Waals surface area (Å²) < 4.78 is 69.1. The minimum absolute atomic E-state index is 0.0526. The Hall–Kier alpha value is -3.89. The average Bonchev–Trinajstić information content (AvgIpc) is 3.10. The lowest BCUT2D eigenvalue weighted by Crippen LogP contribution is -2.38. The van der Waals surface area contributed by atoms with Gasteiger partial charge in [0.15, 0.2) is 0 Å². The zero-order valence-electron chi connectivity index (χ0n) is 33.8. The van der Waals surface area contributed by atoms with Gasteiger partial charge in [0.05, 0.1) is 71.1 Å². The van der Waals surface area contributed by atoms with E-state index in [1.165, 1.54) is 48.5 Å². The Morgan fingerprint density at radius 3 is 1.05 bits per heavy atom. The molecule has 0 atom stereocenters. The van der Waals surface area contributed by atoms with Gasteiger partial charge in [-0.05, 0) is 117 Å². The van der Waals surface area contributed by atoms with E-state index in [0.29, 0.717) is 26.4 Å². The van der Waals surface area contributed by atoms with Gasteiger partial charge in [0.25, 0.3) is 0 Å². The Bertz CT molecular complexity index is 1540. The Kier molecular flexibility index (Phi) is 17.9. The predicted molar refractivity (Wildman–Crippen MR) is 201 cm³/mol. The van der Waals surface area contributed by atoms with Crippen molar-refractivity contribution in [3.05, 3.63) is 48.5 Å². The molecule has 0 aliphatic rings. The quantitative estimate of drug-likeness (QED) is 0.0726. The molecule has 0 radical (unpaired) electrons. The fraction of sp³-hybridized carbons (Fsp3) is 0.600. The summed E-state index contributed by atoms with van der Waals surface area (Å²) in [5, 5.41) is 0. The zero-order chi connectivity index (χ0) is 41.5. The maximum atomic E-state index is 13.4. The molecule has 0 spiro atoms. The highest BCUT2D eigenvalue weighted by Gasteiger charge is 2.42. The third-order valence-corrected chi connectivity index (χ3v) is 10.2. The standard InChI is InChI=1S/C40H58O14S/c1-37(2,33(41)51-25-23-49-21-19-47-9)27-39(5,6)35(43)53-29-11-15-31(16-12-29)55(45,46)32-17-13-30(14-18-32)54-36(44)40(7,8)28-38(3,4)34(42)52-26-24-50-22-20-48-10/h11-18H,19-28H2,1-10H3. The molecule has 0 aromatic heterocycles. The van der Waals surface area contributed by atoms with Crippen LogP contribution in [0.1, 0.15) is 68.2 Å². The highest BCUT2D eigenvalue weighted by atomic mass is 32.2. The molecule has 0 bridgehead atoms. The summed E-state index contributed by atoms with van der Waals surface area (Å²) in [6.45, 7) is 15.5. The molecule has 0 aliphatic heterocycles. The molecule has 0 saturated heterocycles. The SMILES string of the molecule is COCCOCCOC(=O)C(C)(C)CC(C)(C)C(=O)Oc1ccc(S(=O)(=O)c2ccc(OC(=O)C(C)(C)CC(C)(C)C(=O)OCCOCCOC)cc2)cc1. The number of benzene rings is 2. The Morgan fingerprint density at radius 2 is 0.745 bits per heavy atom. The average molecular weight is 795 g/mol. The van der Waals surface area contributed by atoms with Crippen LogP contribution in [0.5, 0.6) is 11.5 Å². The lowest BCUT2D eigenvalue weighted by molar-refractivity contribution is -0.161. The van der Waals surface area contributed by atoms with E-state index >= 15 is 0 Å². The van der Waals surface area contributed by atoms with Crippen molar-refractivity contribution >= 4 is 33.7 Å². The van der Waals surface area contributed by atoms with Gasteiger partial charge in [-0.1, -0.05) is 0 Å². The Balaban J connectivity index is 1.98. The molecule has 0 unspecified atom stereocenters. The number of methoxy groups -OCH3 is 2. The molecule has 0 fully saturated rings. The molecule has 308 valence electrons. The van der Waals surface area contributed by atoms with E-state index in [1.807, 2.05) is 0 Å². The van der Waals surface area contributed by atoms with Crippen LogP contribution in [0.4, 0.5) is 0 Å². The van der Waals surface area contributed by atoms with Gasteiger partial charge in [0, 0.05) is 14.2 Å². The largest absolute Gasteiger partial charge is 0.463 e. The lowest BCUT2D eigenvalue weighted by atomic mass is 9.75. The van der Waals surface area contributed by atoms with Gasteiger partial charge < -0.3 is 37.9 Å². The summed E-state index contributed by atoms with van der Waals surface area (Å²) in [6, 6.07) is 10.8. The number of carbonyl (C=O) groups excluding carboxylic acids is 4. The van der Waals surface area contributed by atoms with Gasteiger partial charge in [-0.15, -0.1) is 0 Å². The van der Waals surface area contributed by atoms with Crippen molar-refractivity contribution < 1.29 is 65.5 Å². The summed E-state index contributed by atoms with van der Waals surface area (Å²) in [4.78, 5) is 51.7. The fourth-order valence-electron chi connectivity index (χ4n) is 5.76. The van der Waals surface area contributed by atoms with Crippen molar-refractivity contribution in [2.45, 2.75) is 78.0 Å². The van der Waals surface area contributed by atoms with Crippen molar-refractivity contribution in [2.75, 3.05) is 67.1 Å².